The van der Waals surface area contributed by atoms with Crippen LogP contribution in [0.2, 0.25) is 0 Å². The van der Waals surface area contributed by atoms with Crippen molar-refractivity contribution < 1.29 is 4.74 Å². The van der Waals surface area contributed by atoms with Crippen LogP contribution in [-0.2, 0) is 4.74 Å². The molecule has 1 rings (SSSR count). The fourth-order valence-electron chi connectivity index (χ4n) is 2.46. The topological polar surface area (TPSA) is 21.3 Å². The lowest BCUT2D eigenvalue weighted by atomic mass is 9.83. The highest BCUT2D eigenvalue weighted by atomic mass is 16.5. The first kappa shape index (κ1) is 13.0. The summed E-state index contributed by atoms with van der Waals surface area (Å²) in [5.41, 5.74) is 0.346. The third-order valence-corrected chi connectivity index (χ3v) is 3.49. The van der Waals surface area contributed by atoms with E-state index in [-0.39, 0.29) is 0 Å². The van der Waals surface area contributed by atoms with Crippen molar-refractivity contribution in [3.05, 3.63) is 0 Å². The molecule has 1 heterocycles. The molecule has 1 aliphatic rings. The minimum atomic E-state index is 0.346. The van der Waals surface area contributed by atoms with Crippen molar-refractivity contribution in [1.29, 1.82) is 0 Å². The summed E-state index contributed by atoms with van der Waals surface area (Å²) in [6.45, 7) is 9.07. The van der Waals surface area contributed by atoms with Gasteiger partial charge in [-0.2, -0.15) is 0 Å². The van der Waals surface area contributed by atoms with Gasteiger partial charge in [0.15, 0.2) is 0 Å². The highest BCUT2D eigenvalue weighted by Crippen LogP contribution is 2.27. The first-order valence-corrected chi connectivity index (χ1v) is 6.26. The molecule has 2 heteroatoms. The second-order valence-electron chi connectivity index (χ2n) is 5.93. The van der Waals surface area contributed by atoms with E-state index < -0.39 is 0 Å². The van der Waals surface area contributed by atoms with Gasteiger partial charge in [0, 0.05) is 6.04 Å². The molecule has 0 radical (unpaired) electrons. The zero-order valence-corrected chi connectivity index (χ0v) is 11.0. The lowest BCUT2D eigenvalue weighted by Gasteiger charge is -2.31. The Morgan fingerprint density at radius 2 is 2.00 bits per heavy atom. The Bertz CT molecular complexity index is 185. The molecule has 0 saturated carbocycles. The molecule has 0 aliphatic carbocycles. The van der Waals surface area contributed by atoms with Gasteiger partial charge in [0.1, 0.15) is 0 Å². The van der Waals surface area contributed by atoms with Crippen LogP contribution in [-0.4, -0.2) is 25.3 Å². The molecule has 0 aromatic carbocycles. The fourth-order valence-corrected chi connectivity index (χ4v) is 2.46. The summed E-state index contributed by atoms with van der Waals surface area (Å²) in [5, 5.41) is 3.42. The summed E-state index contributed by atoms with van der Waals surface area (Å²) in [7, 11) is 2.06. The first-order chi connectivity index (χ1) is 6.93. The first-order valence-electron chi connectivity index (χ1n) is 6.26. The second-order valence-corrected chi connectivity index (χ2v) is 5.93. The van der Waals surface area contributed by atoms with Crippen LogP contribution in [0.15, 0.2) is 0 Å². The molecule has 1 N–H and O–H groups in total. The Morgan fingerprint density at radius 3 is 2.40 bits per heavy atom. The Labute approximate surface area is 94.8 Å². The maximum Gasteiger partial charge on any atom is 0.0580 e. The predicted octanol–water partition coefficient (Wildman–Crippen LogP) is 2.97. The molecule has 0 aromatic rings. The molecule has 3 unspecified atom stereocenters. The largest absolute Gasteiger partial charge is 0.375 e. The summed E-state index contributed by atoms with van der Waals surface area (Å²) in [6.07, 6.45) is 5.91. The maximum absolute atomic E-state index is 5.84. The molecule has 1 saturated heterocycles. The van der Waals surface area contributed by atoms with E-state index in [0.717, 1.165) is 0 Å². The van der Waals surface area contributed by atoms with Gasteiger partial charge in [-0.05, 0) is 45.1 Å². The van der Waals surface area contributed by atoms with Gasteiger partial charge in [-0.25, -0.2) is 0 Å². The molecular formula is C13H27NO. The molecule has 15 heavy (non-hydrogen) atoms. The van der Waals surface area contributed by atoms with E-state index in [1.807, 2.05) is 0 Å². The zero-order chi connectivity index (χ0) is 11.5. The van der Waals surface area contributed by atoms with Crippen LogP contribution in [0, 0.1) is 5.41 Å². The van der Waals surface area contributed by atoms with Gasteiger partial charge in [0.2, 0.25) is 0 Å². The highest BCUT2D eigenvalue weighted by molar-refractivity contribution is 4.81. The van der Waals surface area contributed by atoms with Gasteiger partial charge in [0.05, 0.1) is 12.2 Å². The number of nitrogens with one attached hydrogen (secondary N) is 1. The van der Waals surface area contributed by atoms with E-state index in [2.05, 4.69) is 40.1 Å². The van der Waals surface area contributed by atoms with Gasteiger partial charge in [-0.1, -0.05) is 20.8 Å². The molecule has 0 amide bonds. The Hall–Kier alpha value is -0.0800. The lowest BCUT2D eigenvalue weighted by Crippen LogP contribution is -2.38. The van der Waals surface area contributed by atoms with Crippen molar-refractivity contribution in [2.45, 2.75) is 71.6 Å². The van der Waals surface area contributed by atoms with Crippen LogP contribution in [0.5, 0.6) is 0 Å². The summed E-state index contributed by atoms with van der Waals surface area (Å²) in [6, 6.07) is 0.594. The van der Waals surface area contributed by atoms with Crippen LogP contribution >= 0.6 is 0 Å². The Balaban J connectivity index is 2.29. The fraction of sp³-hybridized carbons (Fsp3) is 1.00. The molecule has 3 atom stereocenters. The molecule has 90 valence electrons. The molecule has 0 bridgehead atoms. The normalized spacial score (nSPS) is 29.4. The van der Waals surface area contributed by atoms with Crippen LogP contribution in [0.25, 0.3) is 0 Å². The number of ether oxygens (including phenoxy) is 1. The van der Waals surface area contributed by atoms with E-state index in [9.17, 15) is 0 Å². The third kappa shape index (κ3) is 4.12. The van der Waals surface area contributed by atoms with Crippen LogP contribution in [0.4, 0.5) is 0 Å². The van der Waals surface area contributed by atoms with E-state index in [1.165, 1.54) is 25.7 Å². The summed E-state index contributed by atoms with van der Waals surface area (Å²) >= 11 is 0. The van der Waals surface area contributed by atoms with Crippen molar-refractivity contribution >= 4 is 0 Å². The van der Waals surface area contributed by atoms with E-state index in [1.54, 1.807) is 0 Å². The minimum Gasteiger partial charge on any atom is -0.375 e. The van der Waals surface area contributed by atoms with Crippen LogP contribution in [0.1, 0.15) is 53.4 Å². The summed E-state index contributed by atoms with van der Waals surface area (Å²) in [5.74, 6) is 0. The van der Waals surface area contributed by atoms with Crippen molar-refractivity contribution in [2.75, 3.05) is 7.05 Å². The second kappa shape index (κ2) is 5.31. The average molecular weight is 213 g/mol. The quantitative estimate of drug-likeness (QED) is 0.775. The molecule has 1 fully saturated rings. The SMILES string of the molecule is CNC(CCC1CCC(C)O1)C(C)(C)C. The van der Waals surface area contributed by atoms with Gasteiger partial charge in [-0.3, -0.25) is 0 Å². The number of rotatable bonds is 4. The standard InChI is InChI=1S/C13H27NO/c1-10-6-7-11(15-10)8-9-12(14-5)13(2,3)4/h10-12,14H,6-9H2,1-5H3. The van der Waals surface area contributed by atoms with Crippen LogP contribution in [0.3, 0.4) is 0 Å². The zero-order valence-electron chi connectivity index (χ0n) is 11.0. The van der Waals surface area contributed by atoms with Gasteiger partial charge in [-0.15, -0.1) is 0 Å². The number of hydrogen-bond donors (Lipinski definition) is 1. The van der Waals surface area contributed by atoms with E-state index in [4.69, 9.17) is 4.74 Å². The minimum absolute atomic E-state index is 0.346. The van der Waals surface area contributed by atoms with Gasteiger partial charge < -0.3 is 10.1 Å². The Kier molecular flexibility index (Phi) is 4.60. The number of hydrogen-bond acceptors (Lipinski definition) is 2. The highest BCUT2D eigenvalue weighted by Gasteiger charge is 2.26. The van der Waals surface area contributed by atoms with Crippen molar-refractivity contribution in [3.8, 4) is 0 Å². The summed E-state index contributed by atoms with van der Waals surface area (Å²) < 4.78 is 5.84. The van der Waals surface area contributed by atoms with Crippen molar-refractivity contribution in [1.82, 2.24) is 5.32 Å². The smallest absolute Gasteiger partial charge is 0.0580 e. The van der Waals surface area contributed by atoms with Crippen molar-refractivity contribution in [2.24, 2.45) is 5.41 Å². The maximum atomic E-state index is 5.84. The van der Waals surface area contributed by atoms with Gasteiger partial charge in [0.25, 0.3) is 0 Å². The summed E-state index contributed by atoms with van der Waals surface area (Å²) in [4.78, 5) is 0. The average Bonchev–Trinajstić information content (AvgIpc) is 2.50. The van der Waals surface area contributed by atoms with Gasteiger partial charge >= 0.3 is 0 Å². The van der Waals surface area contributed by atoms with Crippen LogP contribution < -0.4 is 5.32 Å². The third-order valence-electron chi connectivity index (χ3n) is 3.49. The molecule has 0 aromatic heterocycles. The monoisotopic (exact) mass is 213 g/mol. The predicted molar refractivity (Wildman–Crippen MR) is 65.1 cm³/mol. The lowest BCUT2D eigenvalue weighted by molar-refractivity contribution is 0.0455. The Morgan fingerprint density at radius 1 is 1.33 bits per heavy atom. The molecule has 0 spiro atoms. The van der Waals surface area contributed by atoms with E-state index >= 15 is 0 Å². The van der Waals surface area contributed by atoms with E-state index in [0.29, 0.717) is 23.7 Å². The molecule has 2 nitrogen and oxygen atoms in total. The van der Waals surface area contributed by atoms with Crippen molar-refractivity contribution in [3.63, 3.8) is 0 Å². The molecular weight excluding hydrogens is 186 g/mol. The molecule has 1 aliphatic heterocycles.